The summed E-state index contributed by atoms with van der Waals surface area (Å²) in [7, 11) is -4.03. The molecular weight excluding hydrogens is 252 g/mol. The van der Waals surface area contributed by atoms with Crippen LogP contribution in [0, 0.1) is 11.6 Å². The van der Waals surface area contributed by atoms with Crippen molar-refractivity contribution in [3.8, 4) is 0 Å². The summed E-state index contributed by atoms with van der Waals surface area (Å²) in [4.78, 5) is -0.608. The van der Waals surface area contributed by atoms with E-state index in [0.29, 0.717) is 6.07 Å². The molecule has 0 spiro atoms. The van der Waals surface area contributed by atoms with Gasteiger partial charge < -0.3 is 5.11 Å². The van der Waals surface area contributed by atoms with Crippen molar-refractivity contribution in [1.29, 1.82) is 0 Å². The number of aliphatic hydroxyl groups is 1. The molecular formula is C10H13F2NO3S. The smallest absolute Gasteiger partial charge is 0.243 e. The maximum Gasteiger partial charge on any atom is 0.243 e. The van der Waals surface area contributed by atoms with Gasteiger partial charge in [-0.1, -0.05) is 0 Å². The first kappa shape index (κ1) is 14.0. The SMILES string of the molecule is CC(CCO)NS(=O)(=O)c1ccc(F)cc1F. The molecule has 4 nitrogen and oxygen atoms in total. The zero-order valence-corrected chi connectivity index (χ0v) is 9.97. The van der Waals surface area contributed by atoms with Crippen molar-refractivity contribution in [1.82, 2.24) is 4.72 Å². The Kier molecular flexibility index (Phi) is 4.55. The summed E-state index contributed by atoms with van der Waals surface area (Å²) in [6.45, 7) is 1.35. The Labute approximate surface area is 98.3 Å². The van der Waals surface area contributed by atoms with Crippen molar-refractivity contribution in [3.63, 3.8) is 0 Å². The lowest BCUT2D eigenvalue weighted by Gasteiger charge is -2.13. The van der Waals surface area contributed by atoms with Gasteiger partial charge in [-0.05, 0) is 25.5 Å². The molecule has 1 rings (SSSR count). The Balaban J connectivity index is 2.97. The van der Waals surface area contributed by atoms with Gasteiger partial charge in [-0.15, -0.1) is 0 Å². The first-order valence-electron chi connectivity index (χ1n) is 4.95. The Morgan fingerprint density at radius 2 is 2.06 bits per heavy atom. The van der Waals surface area contributed by atoms with Crippen LogP contribution in [-0.4, -0.2) is 26.2 Å². The number of hydrogen-bond donors (Lipinski definition) is 2. The third-order valence-corrected chi connectivity index (χ3v) is 3.72. The number of rotatable bonds is 5. The van der Waals surface area contributed by atoms with E-state index >= 15 is 0 Å². The van der Waals surface area contributed by atoms with Crippen molar-refractivity contribution in [2.75, 3.05) is 6.61 Å². The average molecular weight is 265 g/mol. The zero-order valence-electron chi connectivity index (χ0n) is 9.15. The molecule has 1 unspecified atom stereocenters. The molecule has 1 aromatic carbocycles. The van der Waals surface area contributed by atoms with Crippen LogP contribution in [0.3, 0.4) is 0 Å². The van der Waals surface area contributed by atoms with E-state index in [4.69, 9.17) is 5.11 Å². The predicted octanol–water partition coefficient (Wildman–Crippen LogP) is 1.01. The maximum atomic E-state index is 13.3. The minimum atomic E-state index is -4.03. The minimum absolute atomic E-state index is 0.185. The van der Waals surface area contributed by atoms with Crippen molar-refractivity contribution in [2.45, 2.75) is 24.3 Å². The minimum Gasteiger partial charge on any atom is -0.396 e. The quantitative estimate of drug-likeness (QED) is 0.835. The fraction of sp³-hybridized carbons (Fsp3) is 0.400. The Morgan fingerprint density at radius 3 is 2.59 bits per heavy atom. The second-order valence-corrected chi connectivity index (χ2v) is 5.29. The van der Waals surface area contributed by atoms with Gasteiger partial charge in [-0.25, -0.2) is 21.9 Å². The predicted molar refractivity (Wildman–Crippen MR) is 57.8 cm³/mol. The molecule has 1 aromatic rings. The number of sulfonamides is 1. The molecule has 0 radical (unpaired) electrons. The van der Waals surface area contributed by atoms with Crippen LogP contribution in [0.4, 0.5) is 8.78 Å². The van der Waals surface area contributed by atoms with Crippen molar-refractivity contribution >= 4 is 10.0 Å². The number of halogens is 2. The normalized spacial score (nSPS) is 13.6. The molecule has 7 heteroatoms. The Morgan fingerprint density at radius 1 is 1.41 bits per heavy atom. The van der Waals surface area contributed by atoms with Gasteiger partial charge in [-0.2, -0.15) is 0 Å². The van der Waals surface area contributed by atoms with Crippen LogP contribution in [0.2, 0.25) is 0 Å². The lowest BCUT2D eigenvalue weighted by atomic mass is 10.3. The molecule has 2 N–H and O–H groups in total. The van der Waals surface area contributed by atoms with Crippen molar-refractivity contribution in [2.24, 2.45) is 0 Å². The third-order valence-electron chi connectivity index (χ3n) is 2.10. The van der Waals surface area contributed by atoms with E-state index in [1.54, 1.807) is 0 Å². The van der Waals surface area contributed by atoms with Gasteiger partial charge in [0.1, 0.15) is 16.5 Å². The zero-order chi connectivity index (χ0) is 13.1. The van der Waals surface area contributed by atoms with Gasteiger partial charge in [0.2, 0.25) is 10.0 Å². The summed E-state index contributed by atoms with van der Waals surface area (Å²) in [6, 6.07) is 1.70. The summed E-state index contributed by atoms with van der Waals surface area (Å²) in [5, 5.41) is 8.64. The van der Waals surface area contributed by atoms with E-state index in [2.05, 4.69) is 4.72 Å². The highest BCUT2D eigenvalue weighted by Gasteiger charge is 2.21. The second kappa shape index (κ2) is 5.52. The van der Waals surface area contributed by atoms with Gasteiger partial charge >= 0.3 is 0 Å². The number of benzene rings is 1. The molecule has 0 saturated carbocycles. The number of hydrogen-bond acceptors (Lipinski definition) is 3. The summed E-state index contributed by atoms with van der Waals surface area (Å²) >= 11 is 0. The molecule has 96 valence electrons. The second-order valence-electron chi connectivity index (χ2n) is 3.61. The fourth-order valence-electron chi connectivity index (χ4n) is 1.27. The lowest BCUT2D eigenvalue weighted by Crippen LogP contribution is -2.33. The highest BCUT2D eigenvalue weighted by Crippen LogP contribution is 2.15. The van der Waals surface area contributed by atoms with Crippen LogP contribution < -0.4 is 4.72 Å². The third kappa shape index (κ3) is 3.72. The van der Waals surface area contributed by atoms with E-state index in [-0.39, 0.29) is 13.0 Å². The van der Waals surface area contributed by atoms with Crippen molar-refractivity contribution in [3.05, 3.63) is 29.8 Å². The van der Waals surface area contributed by atoms with Crippen LogP contribution in [0.15, 0.2) is 23.1 Å². The molecule has 0 fully saturated rings. The van der Waals surface area contributed by atoms with E-state index in [1.807, 2.05) is 0 Å². The van der Waals surface area contributed by atoms with Crippen LogP contribution in [0.5, 0.6) is 0 Å². The molecule has 0 saturated heterocycles. The van der Waals surface area contributed by atoms with Gasteiger partial charge in [-0.3, -0.25) is 0 Å². The number of nitrogens with one attached hydrogen (secondary N) is 1. The van der Waals surface area contributed by atoms with Gasteiger partial charge in [0, 0.05) is 18.7 Å². The first-order chi connectivity index (χ1) is 7.86. The fourth-order valence-corrected chi connectivity index (χ4v) is 2.61. The van der Waals surface area contributed by atoms with Gasteiger partial charge in [0.25, 0.3) is 0 Å². The van der Waals surface area contributed by atoms with Crippen LogP contribution >= 0.6 is 0 Å². The van der Waals surface area contributed by atoms with E-state index in [9.17, 15) is 17.2 Å². The molecule has 0 aliphatic carbocycles. The van der Waals surface area contributed by atoms with Gasteiger partial charge in [0.15, 0.2) is 0 Å². The molecule has 0 aliphatic rings. The average Bonchev–Trinajstić information content (AvgIpc) is 2.15. The van der Waals surface area contributed by atoms with Crippen molar-refractivity contribution < 1.29 is 22.3 Å². The summed E-state index contributed by atoms with van der Waals surface area (Å²) < 4.78 is 51.5. The van der Waals surface area contributed by atoms with Crippen LogP contribution in [-0.2, 0) is 10.0 Å². The highest BCUT2D eigenvalue weighted by molar-refractivity contribution is 7.89. The van der Waals surface area contributed by atoms with Gasteiger partial charge in [0.05, 0.1) is 0 Å². The first-order valence-corrected chi connectivity index (χ1v) is 6.43. The molecule has 0 amide bonds. The largest absolute Gasteiger partial charge is 0.396 e. The molecule has 1 atom stereocenters. The monoisotopic (exact) mass is 265 g/mol. The van der Waals surface area contributed by atoms with Crippen LogP contribution in [0.1, 0.15) is 13.3 Å². The molecule has 17 heavy (non-hydrogen) atoms. The molecule has 0 aliphatic heterocycles. The summed E-state index contributed by atoms with van der Waals surface area (Å²) in [5.74, 6) is -1.99. The molecule has 0 heterocycles. The standard InChI is InChI=1S/C10H13F2NO3S/c1-7(4-5-14)13-17(15,16)10-3-2-8(11)6-9(10)12/h2-3,6-7,13-14H,4-5H2,1H3. The highest BCUT2D eigenvalue weighted by atomic mass is 32.2. The maximum absolute atomic E-state index is 13.3. The summed E-state index contributed by atoms with van der Waals surface area (Å²) in [6.07, 6.45) is 0.210. The molecule has 0 bridgehead atoms. The van der Waals surface area contributed by atoms with Crippen LogP contribution in [0.25, 0.3) is 0 Å². The van der Waals surface area contributed by atoms with E-state index in [0.717, 1.165) is 12.1 Å². The van der Waals surface area contributed by atoms with E-state index < -0.39 is 32.6 Å². The topological polar surface area (TPSA) is 66.4 Å². The Hall–Kier alpha value is -1.05. The summed E-state index contributed by atoms with van der Waals surface area (Å²) in [5.41, 5.74) is 0. The van der Waals surface area contributed by atoms with E-state index in [1.165, 1.54) is 6.92 Å². The molecule has 0 aromatic heterocycles. The lowest BCUT2D eigenvalue weighted by molar-refractivity contribution is 0.275. The Bertz CT molecular complexity index is 490. The number of aliphatic hydroxyl groups excluding tert-OH is 1.